The molecule has 0 fully saturated rings. The van der Waals surface area contributed by atoms with Crippen LogP contribution >= 0.6 is 63.7 Å². The third-order valence-electron chi connectivity index (χ3n) is 2.27. The van der Waals surface area contributed by atoms with E-state index < -0.39 is 0 Å². The van der Waals surface area contributed by atoms with Gasteiger partial charge in [-0.25, -0.2) is 4.98 Å². The van der Waals surface area contributed by atoms with Gasteiger partial charge in [0, 0.05) is 15.5 Å². The average Bonchev–Trinajstić information content (AvgIpc) is 2.53. The molecule has 0 bridgehead atoms. The van der Waals surface area contributed by atoms with Crippen LogP contribution < -0.4 is 0 Å². The highest BCUT2D eigenvalue weighted by atomic mass is 79.9. The Hall–Kier alpha value is 0.610. The quantitative estimate of drug-likeness (QED) is 0.525. The minimum atomic E-state index is 0.870. The molecule has 6 heteroatoms. The molecule has 0 aliphatic rings. The van der Waals surface area contributed by atoms with Gasteiger partial charge in [0.25, 0.3) is 0 Å². The molecule has 0 amide bonds. The molecule has 1 aromatic carbocycles. The predicted octanol–water partition coefficient (Wildman–Crippen LogP) is 5.50. The summed E-state index contributed by atoms with van der Waals surface area (Å²) >= 11 is 14.1. The van der Waals surface area contributed by atoms with Gasteiger partial charge in [-0.05, 0) is 76.2 Å². The Bertz CT molecular complexity index is 547. The monoisotopic (exact) mass is 472 g/mol. The van der Waals surface area contributed by atoms with Gasteiger partial charge in [-0.3, -0.25) is 0 Å². The summed E-state index contributed by atoms with van der Waals surface area (Å²) in [7, 11) is 0. The second-order valence-electron chi connectivity index (χ2n) is 3.39. The maximum absolute atomic E-state index is 4.49. The van der Waals surface area contributed by atoms with E-state index in [1.54, 1.807) is 0 Å². The summed E-state index contributed by atoms with van der Waals surface area (Å²) in [5.41, 5.74) is 2.09. The highest BCUT2D eigenvalue weighted by molar-refractivity contribution is 9.14. The highest BCUT2D eigenvalue weighted by Gasteiger charge is 2.15. The average molecular weight is 476 g/mol. The highest BCUT2D eigenvalue weighted by Crippen LogP contribution is 2.38. The minimum absolute atomic E-state index is 0.870. The predicted molar refractivity (Wildman–Crippen MR) is 80.8 cm³/mol. The second kappa shape index (κ2) is 5.08. The van der Waals surface area contributed by atoms with Gasteiger partial charge in [0.2, 0.25) is 0 Å². The van der Waals surface area contributed by atoms with Gasteiger partial charge < -0.3 is 4.57 Å². The number of imidazole rings is 1. The minimum Gasteiger partial charge on any atom is -0.318 e. The first-order chi connectivity index (χ1) is 7.56. The molecule has 0 saturated carbocycles. The Kier molecular flexibility index (Phi) is 4.14. The molecule has 0 atom stereocenters. The Morgan fingerprint density at radius 2 is 1.88 bits per heavy atom. The SMILES string of the molecule is CCCn1c(Br)nc2cc(Br)c(Br)c(Br)c21. The maximum atomic E-state index is 4.49. The van der Waals surface area contributed by atoms with Crippen molar-refractivity contribution in [2.75, 3.05) is 0 Å². The van der Waals surface area contributed by atoms with E-state index in [2.05, 4.69) is 80.2 Å². The van der Waals surface area contributed by atoms with Crippen molar-refractivity contribution in [2.24, 2.45) is 0 Å². The fourth-order valence-electron chi connectivity index (χ4n) is 1.59. The van der Waals surface area contributed by atoms with Crippen LogP contribution in [0.5, 0.6) is 0 Å². The largest absolute Gasteiger partial charge is 0.318 e. The zero-order valence-electron chi connectivity index (χ0n) is 8.40. The third kappa shape index (κ3) is 2.13. The Morgan fingerprint density at radius 3 is 2.50 bits per heavy atom. The van der Waals surface area contributed by atoms with Crippen molar-refractivity contribution in [1.29, 1.82) is 0 Å². The summed E-state index contributed by atoms with van der Waals surface area (Å²) < 4.78 is 6.08. The summed E-state index contributed by atoms with van der Waals surface area (Å²) in [6, 6.07) is 2.01. The maximum Gasteiger partial charge on any atom is 0.178 e. The van der Waals surface area contributed by atoms with Crippen LogP contribution in [0.4, 0.5) is 0 Å². The molecule has 2 aromatic rings. The Morgan fingerprint density at radius 1 is 1.19 bits per heavy atom. The van der Waals surface area contributed by atoms with E-state index in [1.165, 1.54) is 0 Å². The van der Waals surface area contributed by atoms with Gasteiger partial charge in [-0.15, -0.1) is 0 Å². The first-order valence-corrected chi connectivity index (χ1v) is 7.92. The van der Waals surface area contributed by atoms with Gasteiger partial charge in [0.1, 0.15) is 0 Å². The number of rotatable bonds is 2. The van der Waals surface area contributed by atoms with Crippen LogP contribution in [-0.2, 0) is 6.54 Å². The lowest BCUT2D eigenvalue weighted by molar-refractivity contribution is 0.681. The van der Waals surface area contributed by atoms with Crippen LogP contribution in [-0.4, -0.2) is 9.55 Å². The van der Waals surface area contributed by atoms with Crippen molar-refractivity contribution in [2.45, 2.75) is 19.9 Å². The van der Waals surface area contributed by atoms with Crippen LogP contribution in [0.1, 0.15) is 13.3 Å². The van der Waals surface area contributed by atoms with Crippen LogP contribution in [0.3, 0.4) is 0 Å². The van der Waals surface area contributed by atoms with Crippen LogP contribution in [0.25, 0.3) is 11.0 Å². The summed E-state index contributed by atoms with van der Waals surface area (Å²) in [6.07, 6.45) is 1.07. The smallest absolute Gasteiger partial charge is 0.178 e. The lowest BCUT2D eigenvalue weighted by Crippen LogP contribution is -1.97. The number of benzene rings is 1. The number of hydrogen-bond acceptors (Lipinski definition) is 1. The van der Waals surface area contributed by atoms with Crippen molar-refractivity contribution in [3.05, 3.63) is 24.2 Å². The van der Waals surface area contributed by atoms with Crippen molar-refractivity contribution in [1.82, 2.24) is 9.55 Å². The number of aryl methyl sites for hydroxylation is 1. The van der Waals surface area contributed by atoms with Gasteiger partial charge >= 0.3 is 0 Å². The Balaban J connectivity index is 2.82. The van der Waals surface area contributed by atoms with Gasteiger partial charge in [-0.1, -0.05) is 6.92 Å². The van der Waals surface area contributed by atoms with Crippen LogP contribution in [0, 0.1) is 0 Å². The van der Waals surface area contributed by atoms with E-state index in [-0.39, 0.29) is 0 Å². The van der Waals surface area contributed by atoms with Gasteiger partial charge in [0.15, 0.2) is 4.73 Å². The summed E-state index contributed by atoms with van der Waals surface area (Å²) in [6.45, 7) is 3.10. The van der Waals surface area contributed by atoms with E-state index in [1.807, 2.05) is 6.07 Å². The van der Waals surface area contributed by atoms with Crippen LogP contribution in [0.2, 0.25) is 0 Å². The number of fused-ring (bicyclic) bond motifs is 1. The van der Waals surface area contributed by atoms with Crippen molar-refractivity contribution in [3.8, 4) is 0 Å². The van der Waals surface area contributed by atoms with E-state index in [4.69, 9.17) is 0 Å². The molecule has 1 aromatic heterocycles. The first-order valence-electron chi connectivity index (χ1n) is 4.75. The molecular weight excluding hydrogens is 468 g/mol. The molecule has 16 heavy (non-hydrogen) atoms. The van der Waals surface area contributed by atoms with Gasteiger partial charge in [-0.2, -0.15) is 0 Å². The molecule has 2 rings (SSSR count). The molecule has 0 aliphatic carbocycles. The molecule has 0 spiro atoms. The number of aromatic nitrogens is 2. The molecule has 1 heterocycles. The van der Waals surface area contributed by atoms with E-state index in [0.29, 0.717) is 0 Å². The molecule has 0 unspecified atom stereocenters. The number of halogens is 4. The van der Waals surface area contributed by atoms with Crippen molar-refractivity contribution >= 4 is 74.8 Å². The van der Waals surface area contributed by atoms with Crippen molar-refractivity contribution in [3.63, 3.8) is 0 Å². The lowest BCUT2D eigenvalue weighted by Gasteiger charge is -2.07. The number of hydrogen-bond donors (Lipinski definition) is 0. The number of nitrogens with zero attached hydrogens (tertiary/aromatic N) is 2. The standard InChI is InChI=1S/C10H8Br4N2/c1-2-3-16-9-6(15-10(16)14)4-5(11)7(12)8(9)13/h4H,2-3H2,1H3. The second-order valence-corrected chi connectivity index (χ2v) is 6.54. The zero-order valence-corrected chi connectivity index (χ0v) is 14.7. The summed E-state index contributed by atoms with van der Waals surface area (Å²) in [4.78, 5) is 4.49. The molecule has 0 aliphatic heterocycles. The lowest BCUT2D eigenvalue weighted by atomic mass is 10.3. The molecule has 0 saturated heterocycles. The molecular formula is C10H8Br4N2. The molecule has 0 radical (unpaired) electrons. The molecule has 86 valence electrons. The molecule has 2 nitrogen and oxygen atoms in total. The summed E-state index contributed by atoms with van der Waals surface area (Å²) in [5.74, 6) is 0. The van der Waals surface area contributed by atoms with Crippen molar-refractivity contribution < 1.29 is 0 Å². The first kappa shape index (κ1) is 13.1. The fourth-order valence-corrected chi connectivity index (χ4v) is 3.75. The fraction of sp³-hybridized carbons (Fsp3) is 0.300. The Labute approximate surface area is 127 Å². The zero-order chi connectivity index (χ0) is 11.9. The summed E-state index contributed by atoms with van der Waals surface area (Å²) in [5, 5.41) is 0. The molecule has 0 N–H and O–H groups in total. The van der Waals surface area contributed by atoms with E-state index >= 15 is 0 Å². The van der Waals surface area contributed by atoms with E-state index in [9.17, 15) is 0 Å². The normalized spacial score (nSPS) is 11.3. The van der Waals surface area contributed by atoms with E-state index in [0.717, 1.165) is 42.2 Å². The van der Waals surface area contributed by atoms with Crippen LogP contribution in [0.15, 0.2) is 24.2 Å². The third-order valence-corrected chi connectivity index (χ3v) is 6.16. The topological polar surface area (TPSA) is 17.8 Å². The van der Waals surface area contributed by atoms with Gasteiger partial charge in [0.05, 0.1) is 15.5 Å².